The van der Waals surface area contributed by atoms with Crippen molar-refractivity contribution in [2.45, 2.75) is 12.8 Å². The molecule has 112 valence electrons. The largest absolute Gasteiger partial charge is 0.461 e. The van der Waals surface area contributed by atoms with E-state index in [4.69, 9.17) is 4.74 Å². The molecule has 0 aliphatic carbocycles. The number of aromatic amines is 1. The van der Waals surface area contributed by atoms with E-state index in [0.29, 0.717) is 18.5 Å². The molecule has 0 atom stereocenters. The first kappa shape index (κ1) is 14.5. The van der Waals surface area contributed by atoms with Crippen molar-refractivity contribution in [3.05, 3.63) is 58.4 Å². The van der Waals surface area contributed by atoms with Crippen LogP contribution in [0.4, 0.5) is 0 Å². The van der Waals surface area contributed by atoms with Gasteiger partial charge >= 0.3 is 5.97 Å². The maximum atomic E-state index is 12.0. The molecule has 2 heterocycles. The van der Waals surface area contributed by atoms with Crippen molar-refractivity contribution in [3.63, 3.8) is 0 Å². The van der Waals surface area contributed by atoms with Gasteiger partial charge < -0.3 is 9.72 Å². The van der Waals surface area contributed by atoms with Crippen LogP contribution < -0.4 is 0 Å². The van der Waals surface area contributed by atoms with Crippen LogP contribution in [0, 0.1) is 0 Å². The molecule has 0 aliphatic heterocycles. The van der Waals surface area contributed by atoms with Crippen LogP contribution >= 0.6 is 11.3 Å². The Kier molecular flexibility index (Phi) is 4.34. The van der Waals surface area contributed by atoms with Crippen molar-refractivity contribution in [1.29, 1.82) is 0 Å². The van der Waals surface area contributed by atoms with E-state index in [1.54, 1.807) is 6.07 Å². The third-order valence-corrected chi connectivity index (χ3v) is 4.24. The lowest BCUT2D eigenvalue weighted by molar-refractivity contribution is 0.0488. The van der Waals surface area contributed by atoms with Crippen LogP contribution in [-0.4, -0.2) is 23.3 Å². The molecule has 0 saturated heterocycles. The summed E-state index contributed by atoms with van der Waals surface area (Å²) >= 11 is 1.43. The molecule has 0 unspecified atom stereocenters. The zero-order valence-electron chi connectivity index (χ0n) is 11.9. The molecule has 0 aliphatic rings. The Morgan fingerprint density at radius 1 is 1.14 bits per heavy atom. The molecule has 4 nitrogen and oxygen atoms in total. The third kappa shape index (κ3) is 3.26. The lowest BCUT2D eigenvalue weighted by atomic mass is 10.2. The number of esters is 1. The highest BCUT2D eigenvalue weighted by molar-refractivity contribution is 7.12. The lowest BCUT2D eigenvalue weighted by Crippen LogP contribution is -2.08. The average Bonchev–Trinajstić information content (AvgIpc) is 3.19. The van der Waals surface area contributed by atoms with E-state index < -0.39 is 0 Å². The summed E-state index contributed by atoms with van der Waals surface area (Å²) in [7, 11) is 0. The Labute approximate surface area is 131 Å². The van der Waals surface area contributed by atoms with Gasteiger partial charge in [0.2, 0.25) is 0 Å². The van der Waals surface area contributed by atoms with Gasteiger partial charge in [-0.25, -0.2) is 4.79 Å². The first-order valence-corrected chi connectivity index (χ1v) is 7.93. The molecule has 22 heavy (non-hydrogen) atoms. The number of thiophene rings is 1. The van der Waals surface area contributed by atoms with E-state index in [1.807, 2.05) is 41.8 Å². The van der Waals surface area contributed by atoms with Crippen molar-refractivity contribution in [2.75, 3.05) is 6.61 Å². The van der Waals surface area contributed by atoms with Gasteiger partial charge in [-0.3, -0.25) is 4.79 Å². The summed E-state index contributed by atoms with van der Waals surface area (Å²) in [5.74, 6) is -0.295. The number of Topliss-reactive ketones (excluding diaryl/α,β-unsaturated/α-hetero) is 1. The minimum Gasteiger partial charge on any atom is -0.461 e. The molecule has 0 amide bonds. The molecule has 0 saturated carbocycles. The molecule has 0 spiro atoms. The van der Waals surface area contributed by atoms with Crippen molar-refractivity contribution < 1.29 is 14.3 Å². The van der Waals surface area contributed by atoms with Crippen LogP contribution in [0.15, 0.2) is 47.8 Å². The zero-order valence-corrected chi connectivity index (χ0v) is 12.7. The molecule has 1 aromatic carbocycles. The van der Waals surface area contributed by atoms with Crippen LogP contribution in [0.5, 0.6) is 0 Å². The fourth-order valence-corrected chi connectivity index (χ4v) is 2.91. The van der Waals surface area contributed by atoms with Crippen molar-refractivity contribution in [1.82, 2.24) is 4.98 Å². The molecule has 0 fully saturated rings. The molecule has 0 radical (unpaired) electrons. The number of aromatic nitrogens is 1. The number of nitrogens with one attached hydrogen (secondary N) is 1. The molecular formula is C17H15NO3S. The standard InChI is InChI=1S/C17H15NO3S/c19-15(16-8-4-10-22-16)7-3-9-21-17(20)14-11-12-5-1-2-6-13(12)18-14/h1-2,4-6,8,10-11,18H,3,7,9H2. The van der Waals surface area contributed by atoms with E-state index in [9.17, 15) is 9.59 Å². The van der Waals surface area contributed by atoms with Gasteiger partial charge in [-0.15, -0.1) is 11.3 Å². The van der Waals surface area contributed by atoms with Gasteiger partial charge in [0, 0.05) is 17.3 Å². The number of carbonyl (C=O) groups excluding carboxylic acids is 2. The molecule has 3 aromatic rings. The second kappa shape index (κ2) is 6.58. The summed E-state index contributed by atoms with van der Waals surface area (Å²) < 4.78 is 5.21. The maximum Gasteiger partial charge on any atom is 0.354 e. The van der Waals surface area contributed by atoms with Crippen LogP contribution in [0.1, 0.15) is 33.0 Å². The highest BCUT2D eigenvalue weighted by Gasteiger charge is 2.11. The minimum atomic E-state index is -0.389. The van der Waals surface area contributed by atoms with E-state index in [0.717, 1.165) is 15.8 Å². The van der Waals surface area contributed by atoms with Crippen molar-refractivity contribution in [3.8, 4) is 0 Å². The van der Waals surface area contributed by atoms with Crippen LogP contribution in [0.2, 0.25) is 0 Å². The Balaban J connectivity index is 1.49. The molecule has 1 N–H and O–H groups in total. The number of rotatable bonds is 6. The zero-order chi connectivity index (χ0) is 15.4. The van der Waals surface area contributed by atoms with E-state index in [-0.39, 0.29) is 18.4 Å². The summed E-state index contributed by atoms with van der Waals surface area (Å²) in [6.07, 6.45) is 0.920. The second-order valence-electron chi connectivity index (χ2n) is 4.91. The monoisotopic (exact) mass is 313 g/mol. The summed E-state index contributed by atoms with van der Waals surface area (Å²) in [6, 6.07) is 13.1. The van der Waals surface area contributed by atoms with Crippen molar-refractivity contribution in [2.24, 2.45) is 0 Å². The number of para-hydroxylation sites is 1. The normalized spacial score (nSPS) is 10.7. The first-order valence-electron chi connectivity index (χ1n) is 7.05. The van der Waals surface area contributed by atoms with E-state index >= 15 is 0 Å². The summed E-state index contributed by atoms with van der Waals surface area (Å²) in [6.45, 7) is 0.241. The quantitative estimate of drug-likeness (QED) is 0.424. The van der Waals surface area contributed by atoms with Crippen LogP contribution in [0.25, 0.3) is 10.9 Å². The Morgan fingerprint density at radius 3 is 2.77 bits per heavy atom. The molecule has 3 rings (SSSR count). The van der Waals surface area contributed by atoms with Gasteiger partial charge in [-0.2, -0.15) is 0 Å². The summed E-state index contributed by atoms with van der Waals surface area (Å²) in [5, 5.41) is 2.85. The molecule has 5 heteroatoms. The number of hydrogen-bond acceptors (Lipinski definition) is 4. The third-order valence-electron chi connectivity index (χ3n) is 3.33. The van der Waals surface area contributed by atoms with Gasteiger partial charge in [0.15, 0.2) is 5.78 Å². The average molecular weight is 313 g/mol. The SMILES string of the molecule is O=C(OCCCC(=O)c1cccs1)c1cc2ccccc2[nH]1. The van der Waals surface area contributed by atoms with E-state index in [2.05, 4.69) is 4.98 Å². The second-order valence-corrected chi connectivity index (χ2v) is 5.86. The number of hydrogen-bond donors (Lipinski definition) is 1. The number of carbonyl (C=O) groups is 2. The fourth-order valence-electron chi connectivity index (χ4n) is 2.22. The number of fused-ring (bicyclic) bond motifs is 1. The number of benzene rings is 1. The highest BCUT2D eigenvalue weighted by Crippen LogP contribution is 2.16. The first-order chi connectivity index (χ1) is 10.7. The van der Waals surface area contributed by atoms with Gasteiger partial charge in [-0.05, 0) is 30.0 Å². The Bertz CT molecular complexity index is 756. The minimum absolute atomic E-state index is 0.0941. The van der Waals surface area contributed by atoms with Gasteiger partial charge in [0.25, 0.3) is 0 Å². The predicted molar refractivity (Wildman–Crippen MR) is 86.5 cm³/mol. The number of ether oxygens (including phenoxy) is 1. The lowest BCUT2D eigenvalue weighted by Gasteiger charge is -2.02. The number of H-pyrrole nitrogens is 1. The van der Waals surface area contributed by atoms with Gasteiger partial charge in [0.05, 0.1) is 11.5 Å². The van der Waals surface area contributed by atoms with Crippen LogP contribution in [0.3, 0.4) is 0 Å². The molecule has 2 aromatic heterocycles. The molecule has 0 bridgehead atoms. The van der Waals surface area contributed by atoms with Gasteiger partial charge in [0.1, 0.15) is 5.69 Å². The fraction of sp³-hybridized carbons (Fsp3) is 0.176. The predicted octanol–water partition coefficient (Wildman–Crippen LogP) is 4.05. The van der Waals surface area contributed by atoms with E-state index in [1.165, 1.54) is 11.3 Å². The summed E-state index contributed by atoms with van der Waals surface area (Å²) in [4.78, 5) is 27.5. The number of ketones is 1. The van der Waals surface area contributed by atoms with Crippen molar-refractivity contribution >= 4 is 34.0 Å². The Morgan fingerprint density at radius 2 is 2.00 bits per heavy atom. The van der Waals surface area contributed by atoms with Crippen LogP contribution in [-0.2, 0) is 4.74 Å². The summed E-state index contributed by atoms with van der Waals surface area (Å²) in [5.41, 5.74) is 1.34. The molecular weight excluding hydrogens is 298 g/mol. The maximum absolute atomic E-state index is 12.0. The highest BCUT2D eigenvalue weighted by atomic mass is 32.1. The smallest absolute Gasteiger partial charge is 0.354 e. The topological polar surface area (TPSA) is 59.2 Å². The van der Waals surface area contributed by atoms with Gasteiger partial charge in [-0.1, -0.05) is 24.3 Å². The Hall–Kier alpha value is -2.40.